The van der Waals surface area contributed by atoms with Crippen LogP contribution in [0.15, 0.2) is 64.1 Å². The van der Waals surface area contributed by atoms with Crippen LogP contribution in [0.4, 0.5) is 0 Å². The lowest BCUT2D eigenvalue weighted by Crippen LogP contribution is -2.28. The van der Waals surface area contributed by atoms with Crippen molar-refractivity contribution in [1.82, 2.24) is 19.3 Å². The zero-order valence-corrected chi connectivity index (χ0v) is 15.6. The third kappa shape index (κ3) is 2.95. The number of aromatic nitrogens is 4. The van der Waals surface area contributed by atoms with E-state index in [4.69, 9.17) is 9.40 Å². The Kier molecular flexibility index (Phi) is 4.31. The average molecular weight is 374 g/mol. The molecule has 0 radical (unpaired) electrons. The van der Waals surface area contributed by atoms with Gasteiger partial charge in [0, 0.05) is 5.92 Å². The van der Waals surface area contributed by atoms with Crippen molar-refractivity contribution in [3.05, 3.63) is 76.9 Å². The minimum Gasteiger partial charge on any atom is -0.467 e. The normalized spacial score (nSPS) is 15.3. The Morgan fingerprint density at radius 1 is 1.04 bits per heavy atom. The lowest BCUT2D eigenvalue weighted by Gasteiger charge is -2.24. The minimum absolute atomic E-state index is 0.0517. The van der Waals surface area contributed by atoms with Crippen LogP contribution in [0.25, 0.3) is 16.7 Å². The van der Waals surface area contributed by atoms with Crippen molar-refractivity contribution in [2.24, 2.45) is 0 Å². The Bertz CT molecular complexity index is 1140. The Labute approximate surface area is 162 Å². The Hall–Kier alpha value is -3.15. The van der Waals surface area contributed by atoms with Crippen LogP contribution in [0.5, 0.6) is 0 Å². The van der Waals surface area contributed by atoms with Crippen LogP contribution in [-0.2, 0) is 6.54 Å². The van der Waals surface area contributed by atoms with Crippen molar-refractivity contribution in [2.45, 2.75) is 44.6 Å². The summed E-state index contributed by atoms with van der Waals surface area (Å²) in [7, 11) is 0. The van der Waals surface area contributed by atoms with Gasteiger partial charge < -0.3 is 4.42 Å². The fraction of sp³-hybridized carbons (Fsp3) is 0.318. The predicted molar refractivity (Wildman–Crippen MR) is 107 cm³/mol. The van der Waals surface area contributed by atoms with E-state index in [2.05, 4.69) is 5.10 Å². The van der Waals surface area contributed by atoms with Gasteiger partial charge in [-0.05, 0) is 37.1 Å². The Balaban J connectivity index is 1.71. The maximum Gasteiger partial charge on any atom is 0.265 e. The zero-order chi connectivity index (χ0) is 18.9. The molecular weight excluding hydrogens is 352 g/mol. The molecule has 0 aliphatic heterocycles. The van der Waals surface area contributed by atoms with Gasteiger partial charge in [0.15, 0.2) is 5.65 Å². The first-order valence-electron chi connectivity index (χ1n) is 9.87. The fourth-order valence-electron chi connectivity index (χ4n) is 4.16. The van der Waals surface area contributed by atoms with Gasteiger partial charge in [0.2, 0.25) is 0 Å². The number of benzene rings is 1. The second-order valence-corrected chi connectivity index (χ2v) is 7.40. The van der Waals surface area contributed by atoms with E-state index in [9.17, 15) is 4.79 Å². The number of rotatable bonds is 4. The van der Waals surface area contributed by atoms with Crippen LogP contribution in [0.2, 0.25) is 0 Å². The second-order valence-electron chi connectivity index (χ2n) is 7.40. The minimum atomic E-state index is -0.0517. The Morgan fingerprint density at radius 3 is 2.61 bits per heavy atom. The van der Waals surface area contributed by atoms with Crippen molar-refractivity contribution >= 4 is 11.0 Å². The van der Waals surface area contributed by atoms with Crippen LogP contribution >= 0.6 is 0 Å². The van der Waals surface area contributed by atoms with Crippen molar-refractivity contribution in [3.63, 3.8) is 0 Å². The molecule has 0 atom stereocenters. The van der Waals surface area contributed by atoms with Crippen molar-refractivity contribution in [1.29, 1.82) is 0 Å². The van der Waals surface area contributed by atoms with Crippen LogP contribution < -0.4 is 5.56 Å². The quantitative estimate of drug-likeness (QED) is 0.535. The van der Waals surface area contributed by atoms with Crippen molar-refractivity contribution < 1.29 is 4.42 Å². The van der Waals surface area contributed by atoms with E-state index < -0.39 is 0 Å². The van der Waals surface area contributed by atoms with E-state index in [-0.39, 0.29) is 5.56 Å². The first kappa shape index (κ1) is 17.0. The molecule has 1 aliphatic rings. The van der Waals surface area contributed by atoms with Crippen molar-refractivity contribution in [2.75, 3.05) is 0 Å². The summed E-state index contributed by atoms with van der Waals surface area (Å²) in [5.74, 6) is 1.90. The number of fused-ring (bicyclic) bond motifs is 1. The van der Waals surface area contributed by atoms with Gasteiger partial charge in [-0.1, -0.05) is 37.5 Å². The number of nitrogens with zero attached hydrogens (tertiary/aromatic N) is 4. The van der Waals surface area contributed by atoms with E-state index in [0.29, 0.717) is 23.5 Å². The molecule has 3 heterocycles. The van der Waals surface area contributed by atoms with Gasteiger partial charge >= 0.3 is 0 Å². The lowest BCUT2D eigenvalue weighted by atomic mass is 9.88. The SMILES string of the molecule is O=c1c2cnn(-c3ccccc3)c2nc(C2CCCCC2)n1Cc1ccco1. The van der Waals surface area contributed by atoms with Gasteiger partial charge in [0.05, 0.1) is 24.7 Å². The molecule has 4 aromatic rings. The molecule has 1 fully saturated rings. The fourth-order valence-corrected chi connectivity index (χ4v) is 4.16. The molecule has 0 spiro atoms. The maximum absolute atomic E-state index is 13.4. The molecule has 6 heteroatoms. The highest BCUT2D eigenvalue weighted by atomic mass is 16.3. The molecule has 0 bridgehead atoms. The molecule has 3 aromatic heterocycles. The summed E-state index contributed by atoms with van der Waals surface area (Å²) < 4.78 is 9.06. The second kappa shape index (κ2) is 7.11. The Morgan fingerprint density at radius 2 is 1.86 bits per heavy atom. The van der Waals surface area contributed by atoms with Crippen LogP contribution in [-0.4, -0.2) is 19.3 Å². The van der Waals surface area contributed by atoms with E-state index in [0.717, 1.165) is 30.1 Å². The summed E-state index contributed by atoms with van der Waals surface area (Å²) in [4.78, 5) is 18.4. The van der Waals surface area contributed by atoms with Gasteiger partial charge in [-0.2, -0.15) is 5.10 Å². The van der Waals surface area contributed by atoms with E-state index in [1.165, 1.54) is 19.3 Å². The molecule has 0 amide bonds. The number of hydrogen-bond donors (Lipinski definition) is 0. The molecule has 1 saturated carbocycles. The lowest BCUT2D eigenvalue weighted by molar-refractivity contribution is 0.404. The molecule has 0 unspecified atom stereocenters. The number of furan rings is 1. The molecule has 28 heavy (non-hydrogen) atoms. The predicted octanol–water partition coefficient (Wildman–Crippen LogP) is 4.27. The molecule has 6 nitrogen and oxygen atoms in total. The highest BCUT2D eigenvalue weighted by Crippen LogP contribution is 2.32. The summed E-state index contributed by atoms with van der Waals surface area (Å²) in [5.41, 5.74) is 1.49. The van der Waals surface area contributed by atoms with Crippen LogP contribution in [0, 0.1) is 0 Å². The molecule has 0 N–H and O–H groups in total. The molecule has 0 saturated heterocycles. The van der Waals surface area contributed by atoms with E-state index in [1.807, 2.05) is 42.5 Å². The number of para-hydroxylation sites is 1. The van der Waals surface area contributed by atoms with Gasteiger partial charge in [-0.15, -0.1) is 0 Å². The van der Waals surface area contributed by atoms with Gasteiger partial charge in [0.25, 0.3) is 5.56 Å². The van der Waals surface area contributed by atoms with E-state index in [1.54, 1.807) is 21.7 Å². The topological polar surface area (TPSA) is 65.8 Å². The maximum atomic E-state index is 13.4. The molecule has 142 valence electrons. The average Bonchev–Trinajstić information content (AvgIpc) is 3.41. The zero-order valence-electron chi connectivity index (χ0n) is 15.6. The van der Waals surface area contributed by atoms with Crippen LogP contribution in [0.3, 0.4) is 0 Å². The summed E-state index contributed by atoms with van der Waals surface area (Å²) in [6, 6.07) is 13.6. The van der Waals surface area contributed by atoms with Gasteiger partial charge in [-0.3, -0.25) is 9.36 Å². The smallest absolute Gasteiger partial charge is 0.265 e. The highest BCUT2D eigenvalue weighted by molar-refractivity contribution is 5.75. The monoisotopic (exact) mass is 374 g/mol. The molecule has 5 rings (SSSR count). The third-order valence-corrected chi connectivity index (χ3v) is 5.58. The summed E-state index contributed by atoms with van der Waals surface area (Å²) in [6.45, 7) is 0.400. The van der Waals surface area contributed by atoms with Crippen molar-refractivity contribution in [3.8, 4) is 5.69 Å². The molecule has 1 aliphatic carbocycles. The van der Waals surface area contributed by atoms with Crippen LogP contribution in [0.1, 0.15) is 49.6 Å². The number of hydrogen-bond acceptors (Lipinski definition) is 4. The third-order valence-electron chi connectivity index (χ3n) is 5.58. The van der Waals surface area contributed by atoms with E-state index >= 15 is 0 Å². The van der Waals surface area contributed by atoms with Gasteiger partial charge in [-0.25, -0.2) is 9.67 Å². The van der Waals surface area contributed by atoms with Gasteiger partial charge in [0.1, 0.15) is 17.0 Å². The first-order chi connectivity index (χ1) is 13.8. The standard InChI is InChI=1S/C22H22N4O2/c27-22-19-14-23-26(17-10-5-2-6-11-17)21(19)24-20(16-8-3-1-4-9-16)25(22)15-18-12-7-13-28-18/h2,5-7,10-14,16H,1,3-4,8-9,15H2. The molecular formula is C22H22N4O2. The molecule has 1 aromatic carbocycles. The summed E-state index contributed by atoms with van der Waals surface area (Å²) in [5, 5.41) is 5.01. The highest BCUT2D eigenvalue weighted by Gasteiger charge is 2.24. The largest absolute Gasteiger partial charge is 0.467 e. The summed E-state index contributed by atoms with van der Waals surface area (Å²) >= 11 is 0. The first-order valence-corrected chi connectivity index (χ1v) is 9.87. The summed E-state index contributed by atoms with van der Waals surface area (Å²) in [6.07, 6.45) is 9.00.